The maximum Gasteiger partial charge on any atom is 0.249 e. The Kier molecular flexibility index (Phi) is 3.53. The third-order valence-corrected chi connectivity index (χ3v) is 3.91. The van der Waals surface area contributed by atoms with Crippen LogP contribution >= 0.6 is 0 Å². The van der Waals surface area contributed by atoms with Gasteiger partial charge in [0.25, 0.3) is 0 Å². The molecule has 16 heavy (non-hydrogen) atoms. The molecule has 0 aromatic rings. The van der Waals surface area contributed by atoms with Crippen molar-refractivity contribution in [1.82, 2.24) is 5.32 Å². The van der Waals surface area contributed by atoms with Crippen molar-refractivity contribution in [3.8, 4) is 0 Å². The third-order valence-electron chi connectivity index (χ3n) is 3.91. The fraction of sp³-hybridized carbons (Fsp3) is 0.923. The molecule has 3 heteroatoms. The molecule has 1 aliphatic carbocycles. The van der Waals surface area contributed by atoms with Crippen molar-refractivity contribution in [2.24, 2.45) is 5.41 Å². The molecule has 1 saturated heterocycles. The first kappa shape index (κ1) is 11.9. The summed E-state index contributed by atoms with van der Waals surface area (Å²) in [6.45, 7) is 5.37. The standard InChI is InChI=1S/C13H23NO2/c1-13(2)7-5-10(6-8-13)14-12(15)11-4-3-9-16-11/h10-11H,3-9H2,1-2H3,(H,14,15). The van der Waals surface area contributed by atoms with Crippen LogP contribution in [0.2, 0.25) is 0 Å². The quantitative estimate of drug-likeness (QED) is 0.782. The van der Waals surface area contributed by atoms with Gasteiger partial charge >= 0.3 is 0 Å². The highest BCUT2D eigenvalue weighted by atomic mass is 16.5. The molecule has 1 N–H and O–H groups in total. The average molecular weight is 225 g/mol. The maximum atomic E-state index is 11.8. The fourth-order valence-corrected chi connectivity index (χ4v) is 2.62. The van der Waals surface area contributed by atoms with E-state index in [2.05, 4.69) is 19.2 Å². The highest BCUT2D eigenvalue weighted by molar-refractivity contribution is 5.81. The number of hydrogen-bond acceptors (Lipinski definition) is 2. The van der Waals surface area contributed by atoms with Gasteiger partial charge in [-0.2, -0.15) is 0 Å². The lowest BCUT2D eigenvalue weighted by Crippen LogP contribution is -2.43. The van der Waals surface area contributed by atoms with Crippen molar-refractivity contribution in [3.63, 3.8) is 0 Å². The highest BCUT2D eigenvalue weighted by Gasteiger charge is 2.30. The van der Waals surface area contributed by atoms with Crippen LogP contribution < -0.4 is 5.32 Å². The minimum absolute atomic E-state index is 0.113. The summed E-state index contributed by atoms with van der Waals surface area (Å²) < 4.78 is 5.39. The van der Waals surface area contributed by atoms with Crippen LogP contribution in [-0.2, 0) is 9.53 Å². The topological polar surface area (TPSA) is 38.3 Å². The van der Waals surface area contributed by atoms with Gasteiger partial charge in [0.15, 0.2) is 0 Å². The first-order valence-corrected chi connectivity index (χ1v) is 6.49. The Hall–Kier alpha value is -0.570. The summed E-state index contributed by atoms with van der Waals surface area (Å²) in [6.07, 6.45) is 6.40. The number of amides is 1. The van der Waals surface area contributed by atoms with Crippen molar-refractivity contribution in [2.75, 3.05) is 6.61 Å². The van der Waals surface area contributed by atoms with Crippen LogP contribution in [0.15, 0.2) is 0 Å². The smallest absolute Gasteiger partial charge is 0.249 e. The summed E-state index contributed by atoms with van der Waals surface area (Å²) in [6, 6.07) is 0.379. The van der Waals surface area contributed by atoms with E-state index in [4.69, 9.17) is 4.74 Å². The molecule has 1 saturated carbocycles. The van der Waals surface area contributed by atoms with Crippen molar-refractivity contribution in [2.45, 2.75) is 64.5 Å². The number of nitrogens with one attached hydrogen (secondary N) is 1. The molecule has 2 fully saturated rings. The van der Waals surface area contributed by atoms with Gasteiger partial charge < -0.3 is 10.1 Å². The van der Waals surface area contributed by atoms with Crippen LogP contribution in [0.3, 0.4) is 0 Å². The highest BCUT2D eigenvalue weighted by Crippen LogP contribution is 2.35. The molecule has 1 unspecified atom stereocenters. The zero-order valence-electron chi connectivity index (χ0n) is 10.4. The normalized spacial score (nSPS) is 30.2. The first-order chi connectivity index (χ1) is 7.57. The van der Waals surface area contributed by atoms with E-state index in [-0.39, 0.29) is 12.0 Å². The molecule has 1 heterocycles. The molecule has 0 aromatic carbocycles. The molecular weight excluding hydrogens is 202 g/mol. The zero-order chi connectivity index (χ0) is 11.6. The largest absolute Gasteiger partial charge is 0.368 e. The van der Waals surface area contributed by atoms with Gasteiger partial charge in [0.2, 0.25) is 5.91 Å². The Bertz CT molecular complexity index is 247. The third kappa shape index (κ3) is 2.97. The summed E-state index contributed by atoms with van der Waals surface area (Å²) in [7, 11) is 0. The molecular formula is C13H23NO2. The Morgan fingerprint density at radius 3 is 2.50 bits per heavy atom. The molecule has 1 aliphatic heterocycles. The Labute approximate surface area is 97.9 Å². The monoisotopic (exact) mass is 225 g/mol. The van der Waals surface area contributed by atoms with E-state index in [1.54, 1.807) is 0 Å². The molecule has 0 aromatic heterocycles. The molecule has 2 aliphatic rings. The number of hydrogen-bond donors (Lipinski definition) is 1. The summed E-state index contributed by atoms with van der Waals surface area (Å²) in [5, 5.41) is 3.13. The number of carbonyl (C=O) groups is 1. The van der Waals surface area contributed by atoms with E-state index in [0.717, 1.165) is 32.3 Å². The van der Waals surface area contributed by atoms with Gasteiger partial charge in [0, 0.05) is 12.6 Å². The van der Waals surface area contributed by atoms with E-state index in [0.29, 0.717) is 11.5 Å². The number of carbonyl (C=O) groups excluding carboxylic acids is 1. The van der Waals surface area contributed by atoms with Crippen LogP contribution in [0.25, 0.3) is 0 Å². The fourth-order valence-electron chi connectivity index (χ4n) is 2.62. The van der Waals surface area contributed by atoms with E-state index in [1.807, 2.05) is 0 Å². The zero-order valence-corrected chi connectivity index (χ0v) is 10.4. The molecule has 0 spiro atoms. The Morgan fingerprint density at radius 1 is 1.25 bits per heavy atom. The lowest BCUT2D eigenvalue weighted by Gasteiger charge is -2.34. The van der Waals surface area contributed by atoms with E-state index >= 15 is 0 Å². The van der Waals surface area contributed by atoms with Gasteiger partial charge in [0.1, 0.15) is 6.10 Å². The van der Waals surface area contributed by atoms with Gasteiger partial charge in [-0.3, -0.25) is 4.79 Å². The molecule has 92 valence electrons. The van der Waals surface area contributed by atoms with Gasteiger partial charge in [-0.15, -0.1) is 0 Å². The van der Waals surface area contributed by atoms with Crippen LogP contribution in [0.5, 0.6) is 0 Å². The summed E-state index contributed by atoms with van der Waals surface area (Å²) in [5.74, 6) is 0.113. The summed E-state index contributed by atoms with van der Waals surface area (Å²) in [4.78, 5) is 11.8. The van der Waals surface area contributed by atoms with E-state index in [1.165, 1.54) is 12.8 Å². The molecule has 0 bridgehead atoms. The average Bonchev–Trinajstić information content (AvgIpc) is 2.74. The van der Waals surface area contributed by atoms with Crippen molar-refractivity contribution < 1.29 is 9.53 Å². The molecule has 1 atom stereocenters. The Morgan fingerprint density at radius 2 is 1.94 bits per heavy atom. The van der Waals surface area contributed by atoms with Crippen LogP contribution in [0.1, 0.15) is 52.4 Å². The number of rotatable bonds is 2. The van der Waals surface area contributed by atoms with E-state index < -0.39 is 0 Å². The predicted molar refractivity (Wildman–Crippen MR) is 63.2 cm³/mol. The second-order valence-electron chi connectivity index (χ2n) is 5.95. The minimum atomic E-state index is -0.171. The molecule has 0 radical (unpaired) electrons. The van der Waals surface area contributed by atoms with Crippen LogP contribution in [0.4, 0.5) is 0 Å². The van der Waals surface area contributed by atoms with Crippen molar-refractivity contribution in [1.29, 1.82) is 0 Å². The van der Waals surface area contributed by atoms with Crippen LogP contribution in [-0.4, -0.2) is 24.7 Å². The summed E-state index contributed by atoms with van der Waals surface area (Å²) >= 11 is 0. The van der Waals surface area contributed by atoms with E-state index in [9.17, 15) is 4.79 Å². The predicted octanol–water partition coefficient (Wildman–Crippen LogP) is 2.25. The first-order valence-electron chi connectivity index (χ1n) is 6.49. The van der Waals surface area contributed by atoms with Gasteiger partial charge in [-0.1, -0.05) is 13.8 Å². The minimum Gasteiger partial charge on any atom is -0.368 e. The second kappa shape index (κ2) is 4.74. The van der Waals surface area contributed by atoms with Gasteiger partial charge in [0.05, 0.1) is 0 Å². The molecule has 3 nitrogen and oxygen atoms in total. The second-order valence-corrected chi connectivity index (χ2v) is 5.95. The molecule has 1 amide bonds. The lowest BCUT2D eigenvalue weighted by molar-refractivity contribution is -0.131. The van der Waals surface area contributed by atoms with Gasteiger partial charge in [-0.05, 0) is 43.9 Å². The summed E-state index contributed by atoms with van der Waals surface area (Å²) in [5.41, 5.74) is 0.463. The number of ether oxygens (including phenoxy) is 1. The Balaban J connectivity index is 1.76. The van der Waals surface area contributed by atoms with Gasteiger partial charge in [-0.25, -0.2) is 0 Å². The lowest BCUT2D eigenvalue weighted by atomic mass is 9.75. The maximum absolute atomic E-state index is 11.8. The molecule has 2 rings (SSSR count). The van der Waals surface area contributed by atoms with Crippen molar-refractivity contribution in [3.05, 3.63) is 0 Å². The SMILES string of the molecule is CC1(C)CCC(NC(=O)C2CCCO2)CC1. The van der Waals surface area contributed by atoms with Crippen LogP contribution in [0, 0.1) is 5.41 Å². The van der Waals surface area contributed by atoms with Crippen molar-refractivity contribution >= 4 is 5.91 Å².